The molecule has 1 aromatic carbocycles. The van der Waals surface area contributed by atoms with Crippen molar-refractivity contribution in [3.05, 3.63) is 39.8 Å². The molecule has 6 heteroatoms. The summed E-state index contributed by atoms with van der Waals surface area (Å²) in [6.07, 6.45) is 0. The predicted octanol–water partition coefficient (Wildman–Crippen LogP) is 3.68. The molecule has 0 aliphatic heterocycles. The molecular weight excluding hydrogens is 284 g/mol. The summed E-state index contributed by atoms with van der Waals surface area (Å²) in [6, 6.07) is 7.62. The van der Waals surface area contributed by atoms with Gasteiger partial charge in [-0.25, -0.2) is 9.78 Å². The number of rotatable bonds is 4. The minimum Gasteiger partial charge on any atom is -0.378 e. The average molecular weight is 304 g/mol. The van der Waals surface area contributed by atoms with Crippen molar-refractivity contribution in [2.75, 3.05) is 17.7 Å². The van der Waals surface area contributed by atoms with Crippen LogP contribution in [0.15, 0.2) is 24.3 Å². The fourth-order valence-corrected chi connectivity index (χ4v) is 3.04. The summed E-state index contributed by atoms with van der Waals surface area (Å²) >= 11 is 1.72. The Labute approximate surface area is 128 Å². The zero-order valence-electron chi connectivity index (χ0n) is 12.7. The summed E-state index contributed by atoms with van der Waals surface area (Å²) in [6.45, 7) is 6.18. The summed E-state index contributed by atoms with van der Waals surface area (Å²) in [5, 5.41) is 9.78. The Kier molecular flexibility index (Phi) is 4.80. The van der Waals surface area contributed by atoms with Crippen molar-refractivity contribution < 1.29 is 4.79 Å². The van der Waals surface area contributed by atoms with Gasteiger partial charge in [0.05, 0.1) is 16.7 Å². The average Bonchev–Trinajstić information content (AvgIpc) is 2.80. The van der Waals surface area contributed by atoms with Crippen LogP contribution < -0.4 is 16.0 Å². The highest BCUT2D eigenvalue weighted by Gasteiger charge is 2.12. The van der Waals surface area contributed by atoms with Crippen molar-refractivity contribution in [3.63, 3.8) is 0 Å². The van der Waals surface area contributed by atoms with E-state index in [9.17, 15) is 4.79 Å². The molecule has 2 rings (SSSR count). The number of hydrogen-bond acceptors (Lipinski definition) is 4. The van der Waals surface area contributed by atoms with Crippen molar-refractivity contribution in [1.29, 1.82) is 0 Å². The van der Waals surface area contributed by atoms with Gasteiger partial charge in [-0.1, -0.05) is 0 Å². The van der Waals surface area contributed by atoms with E-state index in [4.69, 9.17) is 0 Å². The third-order valence-corrected chi connectivity index (χ3v) is 4.34. The highest BCUT2D eigenvalue weighted by Crippen LogP contribution is 2.27. The van der Waals surface area contributed by atoms with Gasteiger partial charge in [-0.15, -0.1) is 11.3 Å². The van der Waals surface area contributed by atoms with E-state index in [1.54, 1.807) is 18.4 Å². The lowest BCUT2D eigenvalue weighted by Crippen LogP contribution is -2.24. The van der Waals surface area contributed by atoms with E-state index in [2.05, 4.69) is 27.9 Å². The highest BCUT2D eigenvalue weighted by atomic mass is 32.1. The van der Waals surface area contributed by atoms with Crippen LogP contribution in [0.1, 0.15) is 28.5 Å². The van der Waals surface area contributed by atoms with Crippen LogP contribution in [0.4, 0.5) is 16.2 Å². The van der Waals surface area contributed by atoms with Gasteiger partial charge in [0, 0.05) is 23.3 Å². The van der Waals surface area contributed by atoms with Crippen molar-refractivity contribution in [2.45, 2.75) is 26.8 Å². The molecule has 0 aliphatic carbocycles. The fraction of sp³-hybridized carbons (Fsp3) is 0.333. The Hall–Kier alpha value is -2.08. The van der Waals surface area contributed by atoms with Gasteiger partial charge in [-0.2, -0.15) is 0 Å². The van der Waals surface area contributed by atoms with Crippen LogP contribution in [0.2, 0.25) is 0 Å². The minimum absolute atomic E-state index is 0.203. The lowest BCUT2D eigenvalue weighted by atomic mass is 10.2. The first-order chi connectivity index (χ1) is 9.99. The van der Waals surface area contributed by atoms with E-state index in [1.807, 2.05) is 38.1 Å². The maximum atomic E-state index is 11.2. The third kappa shape index (κ3) is 3.95. The van der Waals surface area contributed by atoms with Crippen molar-refractivity contribution >= 4 is 28.7 Å². The summed E-state index contributed by atoms with van der Waals surface area (Å²) in [5.41, 5.74) is 2.85. The summed E-state index contributed by atoms with van der Waals surface area (Å²) < 4.78 is 0. The molecule has 0 saturated carbocycles. The molecule has 5 nitrogen and oxygen atoms in total. The van der Waals surface area contributed by atoms with Crippen molar-refractivity contribution in [3.8, 4) is 0 Å². The van der Waals surface area contributed by atoms with Gasteiger partial charge in [-0.3, -0.25) is 0 Å². The Bertz CT molecular complexity index is 621. The zero-order chi connectivity index (χ0) is 15.4. The quantitative estimate of drug-likeness (QED) is 0.807. The molecule has 1 atom stereocenters. The van der Waals surface area contributed by atoms with Gasteiger partial charge >= 0.3 is 6.03 Å². The number of urea groups is 1. The van der Waals surface area contributed by atoms with Gasteiger partial charge < -0.3 is 16.0 Å². The molecule has 0 radical (unpaired) electrons. The van der Waals surface area contributed by atoms with Crippen molar-refractivity contribution in [1.82, 2.24) is 10.3 Å². The van der Waals surface area contributed by atoms with E-state index in [1.165, 1.54) is 4.88 Å². The number of carbonyl (C=O) groups excluding carboxylic acids is 1. The Morgan fingerprint density at radius 2 is 1.81 bits per heavy atom. The number of nitrogens with one attached hydrogen (secondary N) is 3. The molecule has 112 valence electrons. The number of anilines is 2. The van der Waals surface area contributed by atoms with Crippen LogP contribution in [0.5, 0.6) is 0 Å². The molecular formula is C15H20N4OS. The smallest absolute Gasteiger partial charge is 0.318 e. The van der Waals surface area contributed by atoms with Gasteiger partial charge in [0.2, 0.25) is 0 Å². The number of amides is 2. The highest BCUT2D eigenvalue weighted by molar-refractivity contribution is 7.11. The van der Waals surface area contributed by atoms with Gasteiger partial charge in [0.25, 0.3) is 0 Å². The standard InChI is InChI=1S/C15H20N4OS/c1-9-14(21-11(3)17-9)10(2)18-12-5-7-13(8-6-12)19-15(20)16-4/h5-8,10,18H,1-4H3,(H2,16,19,20). The van der Waals surface area contributed by atoms with Gasteiger partial charge in [0.1, 0.15) is 0 Å². The number of carbonyl (C=O) groups is 1. The van der Waals surface area contributed by atoms with Crippen LogP contribution in [0, 0.1) is 13.8 Å². The first kappa shape index (κ1) is 15.3. The largest absolute Gasteiger partial charge is 0.378 e. The minimum atomic E-state index is -0.222. The van der Waals surface area contributed by atoms with Crippen LogP contribution in [-0.2, 0) is 0 Å². The Balaban J connectivity index is 2.03. The molecule has 1 aromatic heterocycles. The molecule has 2 amide bonds. The van der Waals surface area contributed by atoms with Crippen LogP contribution in [0.25, 0.3) is 0 Å². The monoisotopic (exact) mass is 304 g/mol. The SMILES string of the molecule is CNC(=O)Nc1ccc(NC(C)c2sc(C)nc2C)cc1. The first-order valence-electron chi connectivity index (χ1n) is 6.79. The molecule has 2 aromatic rings. The van der Waals surface area contributed by atoms with E-state index in [0.29, 0.717) is 0 Å². The predicted molar refractivity (Wildman–Crippen MR) is 88.1 cm³/mol. The molecule has 0 spiro atoms. The fourth-order valence-electron chi connectivity index (χ4n) is 2.11. The number of thiazole rings is 1. The number of aromatic nitrogens is 1. The van der Waals surface area contributed by atoms with E-state index in [-0.39, 0.29) is 12.1 Å². The van der Waals surface area contributed by atoms with Crippen molar-refractivity contribution in [2.24, 2.45) is 0 Å². The van der Waals surface area contributed by atoms with E-state index < -0.39 is 0 Å². The first-order valence-corrected chi connectivity index (χ1v) is 7.60. The topological polar surface area (TPSA) is 66.1 Å². The molecule has 1 heterocycles. The molecule has 0 saturated heterocycles. The second-order valence-corrected chi connectivity index (χ2v) is 6.06. The lowest BCUT2D eigenvalue weighted by Gasteiger charge is -2.15. The number of nitrogens with zero attached hydrogens (tertiary/aromatic N) is 1. The number of benzene rings is 1. The summed E-state index contributed by atoms with van der Waals surface area (Å²) in [7, 11) is 1.59. The zero-order valence-corrected chi connectivity index (χ0v) is 13.5. The molecule has 3 N–H and O–H groups in total. The maximum absolute atomic E-state index is 11.2. The third-order valence-electron chi connectivity index (χ3n) is 3.09. The lowest BCUT2D eigenvalue weighted by molar-refractivity contribution is 0.254. The normalized spacial score (nSPS) is 11.8. The van der Waals surface area contributed by atoms with Gasteiger partial charge in [0.15, 0.2) is 0 Å². The van der Waals surface area contributed by atoms with Crippen LogP contribution >= 0.6 is 11.3 Å². The van der Waals surface area contributed by atoms with E-state index >= 15 is 0 Å². The number of aryl methyl sites for hydroxylation is 2. The number of hydrogen-bond donors (Lipinski definition) is 3. The molecule has 1 unspecified atom stereocenters. The second-order valence-electron chi connectivity index (χ2n) is 4.83. The summed E-state index contributed by atoms with van der Waals surface area (Å²) in [4.78, 5) is 16.9. The Morgan fingerprint density at radius 1 is 1.19 bits per heavy atom. The molecule has 0 fully saturated rings. The second kappa shape index (κ2) is 6.58. The Morgan fingerprint density at radius 3 is 2.33 bits per heavy atom. The summed E-state index contributed by atoms with van der Waals surface area (Å²) in [5.74, 6) is 0. The van der Waals surface area contributed by atoms with E-state index in [0.717, 1.165) is 22.1 Å². The van der Waals surface area contributed by atoms with Crippen LogP contribution in [0.3, 0.4) is 0 Å². The maximum Gasteiger partial charge on any atom is 0.318 e. The molecule has 0 bridgehead atoms. The molecule has 21 heavy (non-hydrogen) atoms. The van der Waals surface area contributed by atoms with Crippen LogP contribution in [-0.4, -0.2) is 18.1 Å². The molecule has 0 aliphatic rings. The van der Waals surface area contributed by atoms with Gasteiger partial charge in [-0.05, 0) is 45.0 Å².